The second-order valence-electron chi connectivity index (χ2n) is 12.6. The Hall–Kier alpha value is -3.52. The van der Waals surface area contributed by atoms with Crippen LogP contribution in [0.15, 0.2) is 42.5 Å². The molecule has 2 aromatic rings. The number of hydrogen-bond donors (Lipinski definition) is 2. The number of amidine groups is 1. The Labute approximate surface area is 255 Å². The van der Waals surface area contributed by atoms with Crippen molar-refractivity contribution in [2.75, 3.05) is 31.6 Å². The zero-order valence-electron chi connectivity index (χ0n) is 25.6. The van der Waals surface area contributed by atoms with Gasteiger partial charge in [-0.1, -0.05) is 36.4 Å². The molecule has 43 heavy (non-hydrogen) atoms. The minimum absolute atomic E-state index is 0.00562. The standard InChI is InChI=1S/C35H46N4O4/c1-23(40)26-11-8-25(9-12-26)22-32(41)34-30-4-3-5-31(38-19-16-28(43-2)17-20-38)29(30)18-21-39(34)35(42)27-13-6-24(7-14-27)10-15-33(36)37/h3-5,8-9,11-12,24,27-28,34H,6-7,10,13-22H2,1-2H3,(H3,36,37). The van der Waals surface area contributed by atoms with Gasteiger partial charge < -0.3 is 20.3 Å². The highest BCUT2D eigenvalue weighted by atomic mass is 16.5. The molecule has 1 unspecified atom stereocenters. The summed E-state index contributed by atoms with van der Waals surface area (Å²) in [6.07, 6.45) is 8.21. The van der Waals surface area contributed by atoms with Crippen molar-refractivity contribution in [3.8, 4) is 0 Å². The first-order valence-electron chi connectivity index (χ1n) is 15.9. The van der Waals surface area contributed by atoms with Gasteiger partial charge >= 0.3 is 0 Å². The van der Waals surface area contributed by atoms with Crippen molar-refractivity contribution in [1.82, 2.24) is 4.90 Å². The van der Waals surface area contributed by atoms with Crippen LogP contribution >= 0.6 is 0 Å². The van der Waals surface area contributed by atoms with E-state index in [1.165, 1.54) is 18.2 Å². The number of anilines is 1. The molecule has 1 saturated heterocycles. The number of amides is 1. The lowest BCUT2D eigenvalue weighted by molar-refractivity contribution is -0.144. The molecule has 2 aromatic carbocycles. The molecule has 2 aliphatic heterocycles. The summed E-state index contributed by atoms with van der Waals surface area (Å²) >= 11 is 0. The van der Waals surface area contributed by atoms with Crippen molar-refractivity contribution in [3.05, 3.63) is 64.7 Å². The maximum atomic E-state index is 14.2. The summed E-state index contributed by atoms with van der Waals surface area (Å²) in [7, 11) is 1.78. The fourth-order valence-corrected chi connectivity index (χ4v) is 7.31. The largest absolute Gasteiger partial charge is 0.388 e. The van der Waals surface area contributed by atoms with Gasteiger partial charge in [0, 0.05) is 56.8 Å². The molecule has 1 saturated carbocycles. The van der Waals surface area contributed by atoms with E-state index in [1.807, 2.05) is 29.2 Å². The number of nitrogens with zero attached hydrogens (tertiary/aromatic N) is 2. The zero-order chi connectivity index (χ0) is 30.5. The number of Topliss-reactive ketones (excluding diaryl/α,β-unsaturated/α-hetero) is 2. The Balaban J connectivity index is 1.39. The number of hydrogen-bond acceptors (Lipinski definition) is 6. The molecule has 1 amide bonds. The van der Waals surface area contributed by atoms with Crippen LogP contribution in [0.3, 0.4) is 0 Å². The SMILES string of the molecule is COC1CCN(c2cccc3c2CCN(C(=O)C2CCC(CCC(=N)N)CC2)C3C(=O)Cc2ccc(C(C)=O)cc2)CC1. The van der Waals surface area contributed by atoms with Crippen molar-refractivity contribution in [2.24, 2.45) is 17.6 Å². The lowest BCUT2D eigenvalue weighted by atomic mass is 9.78. The van der Waals surface area contributed by atoms with E-state index in [4.69, 9.17) is 15.9 Å². The topological polar surface area (TPSA) is 117 Å². The Morgan fingerprint density at radius 1 is 0.953 bits per heavy atom. The number of benzene rings is 2. The van der Waals surface area contributed by atoms with E-state index in [2.05, 4.69) is 11.0 Å². The van der Waals surface area contributed by atoms with E-state index in [-0.39, 0.29) is 41.8 Å². The number of ketones is 2. The average Bonchev–Trinajstić information content (AvgIpc) is 3.03. The molecule has 0 spiro atoms. The highest BCUT2D eigenvalue weighted by molar-refractivity contribution is 5.95. The normalized spacial score (nSPS) is 22.6. The smallest absolute Gasteiger partial charge is 0.226 e. The summed E-state index contributed by atoms with van der Waals surface area (Å²) in [5.41, 5.74) is 10.4. The summed E-state index contributed by atoms with van der Waals surface area (Å²) in [5.74, 6) is 0.730. The highest BCUT2D eigenvalue weighted by Crippen LogP contribution is 2.40. The van der Waals surface area contributed by atoms with Gasteiger partial charge in [0.05, 0.1) is 11.9 Å². The summed E-state index contributed by atoms with van der Waals surface area (Å²) in [6, 6.07) is 12.9. The molecule has 1 aliphatic carbocycles. The van der Waals surface area contributed by atoms with E-state index in [1.54, 1.807) is 19.2 Å². The summed E-state index contributed by atoms with van der Waals surface area (Å²) in [5, 5.41) is 7.55. The van der Waals surface area contributed by atoms with E-state index in [9.17, 15) is 14.4 Å². The number of carbonyl (C=O) groups excluding carboxylic acids is 3. The summed E-state index contributed by atoms with van der Waals surface area (Å²) < 4.78 is 5.59. The van der Waals surface area contributed by atoms with Crippen molar-refractivity contribution in [3.63, 3.8) is 0 Å². The second kappa shape index (κ2) is 13.8. The predicted molar refractivity (Wildman–Crippen MR) is 169 cm³/mol. The van der Waals surface area contributed by atoms with Crippen molar-refractivity contribution in [2.45, 2.75) is 83.3 Å². The van der Waals surface area contributed by atoms with Crippen LogP contribution in [0.4, 0.5) is 5.69 Å². The molecule has 0 aromatic heterocycles. The number of methoxy groups -OCH3 is 1. The third kappa shape index (κ3) is 7.18. The first kappa shape index (κ1) is 30.9. The number of rotatable bonds is 10. The quantitative estimate of drug-likeness (QED) is 0.223. The summed E-state index contributed by atoms with van der Waals surface area (Å²) in [6.45, 7) is 3.88. The second-order valence-corrected chi connectivity index (χ2v) is 12.6. The lowest BCUT2D eigenvalue weighted by Crippen LogP contribution is -2.47. The van der Waals surface area contributed by atoms with Gasteiger partial charge in [0.25, 0.3) is 0 Å². The Kier molecular flexibility index (Phi) is 9.96. The fraction of sp³-hybridized carbons (Fsp3) is 0.543. The monoisotopic (exact) mass is 586 g/mol. The molecule has 3 aliphatic rings. The lowest BCUT2D eigenvalue weighted by Gasteiger charge is -2.42. The molecular formula is C35H46N4O4. The Morgan fingerprint density at radius 3 is 2.28 bits per heavy atom. The molecule has 3 N–H and O–H groups in total. The van der Waals surface area contributed by atoms with E-state index in [0.717, 1.165) is 75.6 Å². The van der Waals surface area contributed by atoms with Gasteiger partial charge in [-0.15, -0.1) is 0 Å². The first-order chi connectivity index (χ1) is 20.7. The number of nitrogens with two attached hydrogens (primary N) is 1. The van der Waals surface area contributed by atoms with Crippen LogP contribution in [-0.2, 0) is 27.2 Å². The number of fused-ring (bicyclic) bond motifs is 1. The first-order valence-corrected chi connectivity index (χ1v) is 15.9. The van der Waals surface area contributed by atoms with Gasteiger partial charge in [-0.05, 0) is 87.0 Å². The maximum Gasteiger partial charge on any atom is 0.226 e. The van der Waals surface area contributed by atoms with Crippen molar-refractivity contribution < 1.29 is 19.1 Å². The van der Waals surface area contributed by atoms with Crippen LogP contribution in [-0.4, -0.2) is 61.1 Å². The van der Waals surface area contributed by atoms with Crippen LogP contribution < -0.4 is 10.6 Å². The average molecular weight is 587 g/mol. The third-order valence-electron chi connectivity index (χ3n) is 9.86. The molecule has 5 rings (SSSR count). The van der Waals surface area contributed by atoms with Gasteiger partial charge in [-0.3, -0.25) is 19.8 Å². The van der Waals surface area contributed by atoms with Crippen LogP contribution in [0.2, 0.25) is 0 Å². The van der Waals surface area contributed by atoms with E-state index < -0.39 is 6.04 Å². The molecule has 0 radical (unpaired) electrons. The molecule has 230 valence electrons. The minimum atomic E-state index is -0.629. The maximum absolute atomic E-state index is 14.2. The van der Waals surface area contributed by atoms with Gasteiger partial charge in [0.1, 0.15) is 6.04 Å². The number of nitrogens with one attached hydrogen (secondary N) is 1. The third-order valence-corrected chi connectivity index (χ3v) is 9.86. The number of ether oxygens (including phenoxy) is 1. The van der Waals surface area contributed by atoms with Gasteiger partial charge in [-0.2, -0.15) is 0 Å². The van der Waals surface area contributed by atoms with Gasteiger partial charge in [0.15, 0.2) is 11.6 Å². The molecule has 2 fully saturated rings. The van der Waals surface area contributed by atoms with Crippen LogP contribution in [0, 0.1) is 17.2 Å². The summed E-state index contributed by atoms with van der Waals surface area (Å²) in [4.78, 5) is 44.4. The molecule has 1 atom stereocenters. The van der Waals surface area contributed by atoms with E-state index >= 15 is 0 Å². The van der Waals surface area contributed by atoms with E-state index in [0.29, 0.717) is 24.4 Å². The number of piperidine rings is 1. The predicted octanol–water partition coefficient (Wildman–Crippen LogP) is 5.26. The van der Waals surface area contributed by atoms with Crippen molar-refractivity contribution >= 4 is 29.0 Å². The van der Waals surface area contributed by atoms with Crippen LogP contribution in [0.1, 0.15) is 91.4 Å². The van der Waals surface area contributed by atoms with Crippen LogP contribution in [0.5, 0.6) is 0 Å². The minimum Gasteiger partial charge on any atom is -0.388 e. The highest BCUT2D eigenvalue weighted by Gasteiger charge is 2.40. The molecule has 2 heterocycles. The van der Waals surface area contributed by atoms with Gasteiger partial charge in [-0.25, -0.2) is 0 Å². The Morgan fingerprint density at radius 2 is 1.65 bits per heavy atom. The van der Waals surface area contributed by atoms with Gasteiger partial charge in [0.2, 0.25) is 5.91 Å². The fourth-order valence-electron chi connectivity index (χ4n) is 7.31. The Bertz CT molecular complexity index is 1320. The van der Waals surface area contributed by atoms with Crippen LogP contribution in [0.25, 0.3) is 0 Å². The van der Waals surface area contributed by atoms with Crippen molar-refractivity contribution in [1.29, 1.82) is 5.41 Å². The molecule has 8 heteroatoms. The molecule has 0 bridgehead atoms. The molecule has 8 nitrogen and oxygen atoms in total. The number of carbonyl (C=O) groups is 3. The zero-order valence-corrected chi connectivity index (χ0v) is 25.6. The molecular weight excluding hydrogens is 540 g/mol.